The summed E-state index contributed by atoms with van der Waals surface area (Å²) in [6, 6.07) is 5.45. The number of benzene rings is 1. The number of fused-ring (bicyclic) bond motifs is 1. The SMILES string of the molecule is CC(C)=CCC/C(C)=C/COc1ccc2c(C)c(Cl)c(=O)oc2c1. The van der Waals surface area contributed by atoms with E-state index in [2.05, 4.69) is 32.9 Å². The number of halogens is 1. The van der Waals surface area contributed by atoms with Gasteiger partial charge in [0.05, 0.1) is 0 Å². The Labute approximate surface area is 147 Å². The van der Waals surface area contributed by atoms with Crippen LogP contribution in [0, 0.1) is 6.92 Å². The molecular weight excluding hydrogens is 324 g/mol. The van der Waals surface area contributed by atoms with Gasteiger partial charge in [0.2, 0.25) is 0 Å². The minimum absolute atomic E-state index is 0.131. The van der Waals surface area contributed by atoms with E-state index in [1.165, 1.54) is 11.1 Å². The molecule has 0 aliphatic carbocycles. The van der Waals surface area contributed by atoms with Crippen LogP contribution >= 0.6 is 11.6 Å². The van der Waals surface area contributed by atoms with Gasteiger partial charge >= 0.3 is 5.63 Å². The molecule has 1 aromatic heterocycles. The van der Waals surface area contributed by atoms with Gasteiger partial charge in [-0.25, -0.2) is 4.79 Å². The number of hydrogen-bond donors (Lipinski definition) is 0. The van der Waals surface area contributed by atoms with E-state index in [4.69, 9.17) is 20.8 Å². The fourth-order valence-corrected chi connectivity index (χ4v) is 2.51. The summed E-state index contributed by atoms with van der Waals surface area (Å²) in [4.78, 5) is 11.7. The molecule has 0 aliphatic heterocycles. The zero-order valence-electron chi connectivity index (χ0n) is 14.6. The van der Waals surface area contributed by atoms with Gasteiger partial charge in [0.1, 0.15) is 23.0 Å². The first kappa shape index (κ1) is 18.3. The topological polar surface area (TPSA) is 39.4 Å². The molecule has 24 heavy (non-hydrogen) atoms. The highest BCUT2D eigenvalue weighted by Gasteiger charge is 2.09. The lowest BCUT2D eigenvalue weighted by atomic mass is 10.1. The fourth-order valence-electron chi connectivity index (χ4n) is 2.37. The lowest BCUT2D eigenvalue weighted by Crippen LogP contribution is -2.02. The van der Waals surface area contributed by atoms with Crippen LogP contribution in [0.15, 0.2) is 50.7 Å². The molecule has 3 nitrogen and oxygen atoms in total. The van der Waals surface area contributed by atoms with Crippen LogP contribution in [0.1, 0.15) is 39.2 Å². The van der Waals surface area contributed by atoms with Crippen LogP contribution in [-0.4, -0.2) is 6.61 Å². The summed E-state index contributed by atoms with van der Waals surface area (Å²) in [6.07, 6.45) is 6.38. The molecule has 2 aromatic rings. The molecule has 1 aromatic carbocycles. The van der Waals surface area contributed by atoms with E-state index in [1.807, 2.05) is 12.1 Å². The third kappa shape index (κ3) is 4.75. The van der Waals surface area contributed by atoms with E-state index in [-0.39, 0.29) is 5.02 Å². The van der Waals surface area contributed by atoms with Crippen LogP contribution in [0.2, 0.25) is 5.02 Å². The molecule has 128 valence electrons. The molecule has 0 N–H and O–H groups in total. The maximum Gasteiger partial charge on any atom is 0.355 e. The van der Waals surface area contributed by atoms with Gasteiger partial charge in [0.25, 0.3) is 0 Å². The van der Waals surface area contributed by atoms with E-state index in [0.717, 1.165) is 23.8 Å². The van der Waals surface area contributed by atoms with E-state index in [9.17, 15) is 4.79 Å². The molecule has 4 heteroatoms. The second-order valence-corrected chi connectivity index (χ2v) is 6.55. The van der Waals surface area contributed by atoms with Gasteiger partial charge in [-0.1, -0.05) is 28.8 Å². The predicted molar refractivity (Wildman–Crippen MR) is 100 cm³/mol. The smallest absolute Gasteiger partial charge is 0.355 e. The van der Waals surface area contributed by atoms with Gasteiger partial charge in [0, 0.05) is 11.5 Å². The fraction of sp³-hybridized carbons (Fsp3) is 0.350. The average molecular weight is 347 g/mol. The van der Waals surface area contributed by atoms with Crippen molar-refractivity contribution in [2.24, 2.45) is 0 Å². The van der Waals surface area contributed by atoms with Crippen LogP contribution in [0.3, 0.4) is 0 Å². The summed E-state index contributed by atoms with van der Waals surface area (Å²) in [6.45, 7) is 8.61. The molecule has 0 amide bonds. The lowest BCUT2D eigenvalue weighted by molar-refractivity contribution is 0.361. The first-order valence-corrected chi connectivity index (χ1v) is 8.41. The second-order valence-electron chi connectivity index (χ2n) is 6.17. The Kier molecular flexibility index (Phi) is 6.27. The van der Waals surface area contributed by atoms with Gasteiger partial charge in [-0.15, -0.1) is 0 Å². The Morgan fingerprint density at radius 1 is 1.25 bits per heavy atom. The van der Waals surface area contributed by atoms with Crippen molar-refractivity contribution in [1.29, 1.82) is 0 Å². The van der Waals surface area contributed by atoms with E-state index < -0.39 is 5.63 Å². The van der Waals surface area contributed by atoms with Crippen LogP contribution in [-0.2, 0) is 0 Å². The van der Waals surface area contributed by atoms with Crippen molar-refractivity contribution in [2.45, 2.75) is 40.5 Å². The van der Waals surface area contributed by atoms with Gasteiger partial charge in [-0.3, -0.25) is 0 Å². The minimum Gasteiger partial charge on any atom is -0.489 e. The maximum atomic E-state index is 11.7. The summed E-state index contributed by atoms with van der Waals surface area (Å²) in [5, 5.41) is 0.950. The highest BCUT2D eigenvalue weighted by atomic mass is 35.5. The molecule has 0 radical (unpaired) electrons. The third-order valence-electron chi connectivity index (χ3n) is 3.84. The largest absolute Gasteiger partial charge is 0.489 e. The number of aryl methyl sites for hydroxylation is 1. The monoisotopic (exact) mass is 346 g/mol. The van der Waals surface area contributed by atoms with Gasteiger partial charge in [-0.2, -0.15) is 0 Å². The van der Waals surface area contributed by atoms with Gasteiger partial charge in [0.15, 0.2) is 0 Å². The summed E-state index contributed by atoms with van der Waals surface area (Å²) in [5.74, 6) is 0.667. The first-order valence-electron chi connectivity index (χ1n) is 8.03. The van der Waals surface area contributed by atoms with Crippen molar-refractivity contribution < 1.29 is 9.15 Å². The van der Waals surface area contributed by atoms with Crippen molar-refractivity contribution in [3.05, 3.63) is 62.5 Å². The normalized spacial score (nSPS) is 11.6. The number of rotatable bonds is 6. The molecule has 0 bridgehead atoms. The Balaban J connectivity index is 2.04. The minimum atomic E-state index is -0.520. The summed E-state index contributed by atoms with van der Waals surface area (Å²) < 4.78 is 11.0. The number of hydrogen-bond acceptors (Lipinski definition) is 3. The highest BCUT2D eigenvalue weighted by molar-refractivity contribution is 6.31. The van der Waals surface area contributed by atoms with Crippen molar-refractivity contribution in [2.75, 3.05) is 6.61 Å². The lowest BCUT2D eigenvalue weighted by Gasteiger charge is -2.07. The highest BCUT2D eigenvalue weighted by Crippen LogP contribution is 2.25. The average Bonchev–Trinajstić information content (AvgIpc) is 2.52. The molecule has 0 saturated carbocycles. The molecule has 2 rings (SSSR count). The Hall–Kier alpha value is -2.00. The summed E-state index contributed by atoms with van der Waals surface area (Å²) >= 11 is 5.93. The predicted octanol–water partition coefficient (Wildman–Crippen LogP) is 5.83. The van der Waals surface area contributed by atoms with Crippen LogP contribution < -0.4 is 10.4 Å². The van der Waals surface area contributed by atoms with E-state index >= 15 is 0 Å². The van der Waals surface area contributed by atoms with Crippen molar-refractivity contribution in [3.63, 3.8) is 0 Å². The molecule has 0 aliphatic rings. The molecule has 0 atom stereocenters. The van der Waals surface area contributed by atoms with Crippen molar-refractivity contribution in [3.8, 4) is 5.75 Å². The van der Waals surface area contributed by atoms with Crippen molar-refractivity contribution >= 4 is 22.6 Å². The molecule has 0 unspecified atom stereocenters. The van der Waals surface area contributed by atoms with Gasteiger partial charge < -0.3 is 9.15 Å². The quantitative estimate of drug-likeness (QED) is 0.488. The Morgan fingerprint density at radius 2 is 2.00 bits per heavy atom. The molecule has 0 fully saturated rings. The summed E-state index contributed by atoms with van der Waals surface area (Å²) in [7, 11) is 0. The first-order chi connectivity index (χ1) is 11.4. The number of ether oxygens (including phenoxy) is 1. The zero-order chi connectivity index (χ0) is 17.7. The Morgan fingerprint density at radius 3 is 2.71 bits per heavy atom. The zero-order valence-corrected chi connectivity index (χ0v) is 15.4. The molecular formula is C20H23ClO3. The Bertz CT molecular complexity index is 840. The molecule has 1 heterocycles. The molecule has 0 spiro atoms. The van der Waals surface area contributed by atoms with E-state index in [1.54, 1.807) is 13.0 Å². The van der Waals surface area contributed by atoms with Gasteiger partial charge in [-0.05, 0) is 64.3 Å². The van der Waals surface area contributed by atoms with E-state index in [0.29, 0.717) is 17.9 Å². The number of allylic oxidation sites excluding steroid dienone is 3. The third-order valence-corrected chi connectivity index (χ3v) is 4.28. The molecule has 0 saturated heterocycles. The van der Waals surface area contributed by atoms with Crippen LogP contribution in [0.25, 0.3) is 11.0 Å². The van der Waals surface area contributed by atoms with Crippen LogP contribution in [0.4, 0.5) is 0 Å². The van der Waals surface area contributed by atoms with Crippen molar-refractivity contribution in [1.82, 2.24) is 0 Å². The van der Waals surface area contributed by atoms with Crippen LogP contribution in [0.5, 0.6) is 5.75 Å². The summed E-state index contributed by atoms with van der Waals surface area (Å²) in [5.41, 5.74) is 3.33. The standard InChI is InChI=1S/C20H23ClO3/c1-13(2)6-5-7-14(3)10-11-23-16-8-9-17-15(4)19(21)20(22)24-18(17)12-16/h6,8-10,12H,5,7,11H2,1-4H3/b14-10+. The second kappa shape index (κ2) is 8.20. The maximum absolute atomic E-state index is 11.7.